The van der Waals surface area contributed by atoms with Gasteiger partial charge in [0.15, 0.2) is 0 Å². The molecule has 0 atom stereocenters. The van der Waals surface area contributed by atoms with Crippen LogP contribution in [0.15, 0.2) is 60.3 Å². The first-order chi connectivity index (χ1) is 14.1. The van der Waals surface area contributed by atoms with E-state index in [1.54, 1.807) is 36.5 Å². The van der Waals surface area contributed by atoms with Crippen LogP contribution in [0.1, 0.15) is 19.4 Å². The lowest BCUT2D eigenvalue weighted by Gasteiger charge is -2.21. The number of aromatic hydroxyl groups is 1. The average Bonchev–Trinajstić information content (AvgIpc) is 2.74. The Kier molecular flexibility index (Phi) is 6.10. The van der Waals surface area contributed by atoms with Crippen LogP contribution >= 0.6 is 0 Å². The Morgan fingerprint density at radius 3 is 2.69 bits per heavy atom. The molecule has 0 bridgehead atoms. The fourth-order valence-corrected chi connectivity index (χ4v) is 3.15. The normalized spacial score (nSPS) is 11.1. The Morgan fingerprint density at radius 2 is 2.00 bits per heavy atom. The molecule has 0 aliphatic carbocycles. The predicted molar refractivity (Wildman–Crippen MR) is 116 cm³/mol. The highest BCUT2D eigenvalue weighted by Crippen LogP contribution is 2.27. The van der Waals surface area contributed by atoms with Gasteiger partial charge in [0.05, 0.1) is 11.2 Å². The third-order valence-corrected chi connectivity index (χ3v) is 4.70. The van der Waals surface area contributed by atoms with Gasteiger partial charge in [0, 0.05) is 42.0 Å². The van der Waals surface area contributed by atoms with E-state index in [0.29, 0.717) is 11.3 Å². The van der Waals surface area contributed by atoms with Gasteiger partial charge in [0.1, 0.15) is 17.4 Å². The summed E-state index contributed by atoms with van der Waals surface area (Å²) in [6.07, 6.45) is 3.07. The molecule has 0 fully saturated rings. The molecule has 0 aliphatic heterocycles. The van der Waals surface area contributed by atoms with Gasteiger partial charge in [-0.05, 0) is 56.3 Å². The number of aromatic nitrogens is 1. The Morgan fingerprint density at radius 1 is 1.21 bits per heavy atom. The monoisotopic (exact) mass is 386 g/mol. The van der Waals surface area contributed by atoms with Gasteiger partial charge in [-0.25, -0.2) is 0 Å². The molecule has 3 aromatic rings. The number of carbonyl (C=O) groups excluding carboxylic acids is 1. The van der Waals surface area contributed by atoms with E-state index in [0.717, 1.165) is 29.7 Å². The Labute approximate surface area is 169 Å². The molecule has 0 saturated carbocycles. The molecule has 29 heavy (non-hydrogen) atoms. The first kappa shape index (κ1) is 19.9. The quantitative estimate of drug-likeness (QED) is 0.486. The number of phenols is 1. The van der Waals surface area contributed by atoms with Gasteiger partial charge in [-0.1, -0.05) is 6.07 Å². The van der Waals surface area contributed by atoms with Crippen molar-refractivity contribution in [2.24, 2.45) is 0 Å². The molecule has 6 heteroatoms. The van der Waals surface area contributed by atoms with Crippen molar-refractivity contribution >= 4 is 34.3 Å². The Bertz CT molecular complexity index is 1110. The molecule has 0 spiro atoms. The molecule has 0 unspecified atom stereocenters. The number of benzene rings is 2. The van der Waals surface area contributed by atoms with Gasteiger partial charge in [0.25, 0.3) is 5.91 Å². The van der Waals surface area contributed by atoms with Crippen LogP contribution in [0.2, 0.25) is 0 Å². The zero-order chi connectivity index (χ0) is 20.8. The number of anilines is 2. The molecule has 3 rings (SSSR count). The van der Waals surface area contributed by atoms with Crippen LogP contribution in [0.4, 0.5) is 11.4 Å². The molecule has 6 nitrogen and oxygen atoms in total. The molecule has 0 radical (unpaired) electrons. The van der Waals surface area contributed by atoms with E-state index in [-0.39, 0.29) is 11.3 Å². The maximum absolute atomic E-state index is 12.7. The molecule has 1 aromatic heterocycles. The summed E-state index contributed by atoms with van der Waals surface area (Å²) in [5.74, 6) is -0.527. The van der Waals surface area contributed by atoms with Crippen molar-refractivity contribution in [3.8, 4) is 11.8 Å². The topological polar surface area (TPSA) is 89.3 Å². The maximum Gasteiger partial charge on any atom is 0.266 e. The van der Waals surface area contributed by atoms with Crippen molar-refractivity contribution in [1.29, 1.82) is 5.26 Å². The first-order valence-electron chi connectivity index (χ1n) is 9.42. The fraction of sp³-hybridized carbons (Fsp3) is 0.174. The van der Waals surface area contributed by atoms with E-state index < -0.39 is 5.91 Å². The van der Waals surface area contributed by atoms with Crippen LogP contribution in [-0.4, -0.2) is 29.1 Å². The lowest BCUT2D eigenvalue weighted by molar-refractivity contribution is -0.112. The van der Waals surface area contributed by atoms with Gasteiger partial charge in [-0.3, -0.25) is 9.78 Å². The minimum absolute atomic E-state index is 0.0179. The second-order valence-electron chi connectivity index (χ2n) is 6.42. The largest absolute Gasteiger partial charge is 0.507 e. The van der Waals surface area contributed by atoms with Gasteiger partial charge in [-0.2, -0.15) is 5.26 Å². The Balaban J connectivity index is 1.88. The third kappa shape index (κ3) is 4.36. The van der Waals surface area contributed by atoms with Crippen LogP contribution in [0, 0.1) is 11.3 Å². The average molecular weight is 386 g/mol. The summed E-state index contributed by atoms with van der Waals surface area (Å²) >= 11 is 0. The van der Waals surface area contributed by atoms with Gasteiger partial charge >= 0.3 is 0 Å². The number of nitrogens with zero attached hydrogens (tertiary/aromatic N) is 3. The smallest absolute Gasteiger partial charge is 0.266 e. The molecule has 1 heterocycles. The minimum atomic E-state index is -0.545. The van der Waals surface area contributed by atoms with Crippen molar-refractivity contribution in [3.63, 3.8) is 0 Å². The summed E-state index contributed by atoms with van der Waals surface area (Å²) in [4.78, 5) is 19.0. The van der Waals surface area contributed by atoms with Crippen LogP contribution in [0.5, 0.6) is 5.75 Å². The zero-order valence-electron chi connectivity index (χ0n) is 16.4. The van der Waals surface area contributed by atoms with Crippen LogP contribution < -0.4 is 10.2 Å². The highest BCUT2D eigenvalue weighted by molar-refractivity contribution is 6.12. The first-order valence-corrected chi connectivity index (χ1v) is 9.42. The van der Waals surface area contributed by atoms with Crippen molar-refractivity contribution < 1.29 is 9.90 Å². The highest BCUT2D eigenvalue weighted by atomic mass is 16.3. The lowest BCUT2D eigenvalue weighted by atomic mass is 10.1. The van der Waals surface area contributed by atoms with Crippen LogP contribution in [0.25, 0.3) is 17.0 Å². The third-order valence-electron chi connectivity index (χ3n) is 4.70. The molecule has 2 aromatic carbocycles. The predicted octanol–water partition coefficient (Wildman–Crippen LogP) is 4.33. The molecular formula is C23H22N4O2. The number of amides is 1. The van der Waals surface area contributed by atoms with E-state index in [2.05, 4.69) is 15.2 Å². The van der Waals surface area contributed by atoms with Crippen molar-refractivity contribution in [2.45, 2.75) is 13.8 Å². The van der Waals surface area contributed by atoms with E-state index in [1.165, 1.54) is 6.08 Å². The molecule has 1 amide bonds. The van der Waals surface area contributed by atoms with E-state index in [9.17, 15) is 15.2 Å². The van der Waals surface area contributed by atoms with Crippen LogP contribution in [-0.2, 0) is 4.79 Å². The number of carbonyl (C=O) groups is 1. The summed E-state index contributed by atoms with van der Waals surface area (Å²) in [5, 5.41) is 23.4. The minimum Gasteiger partial charge on any atom is -0.507 e. The summed E-state index contributed by atoms with van der Waals surface area (Å²) in [5.41, 5.74) is 2.51. The number of nitriles is 1. The van der Waals surface area contributed by atoms with Crippen molar-refractivity contribution in [3.05, 3.63) is 65.9 Å². The van der Waals surface area contributed by atoms with Crippen molar-refractivity contribution in [1.82, 2.24) is 4.98 Å². The Hall–Kier alpha value is -3.85. The standard InChI is InChI=1S/C23H22N4O2/c1-3-27(4-2)18-11-10-16(22(28)14-18)13-17(15-24)23(29)26-21-9-5-8-20-19(21)7-6-12-25-20/h5-14,28H,3-4H2,1-2H3,(H,26,29). The lowest BCUT2D eigenvalue weighted by Crippen LogP contribution is -2.21. The molecule has 2 N–H and O–H groups in total. The summed E-state index contributed by atoms with van der Waals surface area (Å²) in [7, 11) is 0. The maximum atomic E-state index is 12.7. The second-order valence-corrected chi connectivity index (χ2v) is 6.42. The highest BCUT2D eigenvalue weighted by Gasteiger charge is 2.13. The summed E-state index contributed by atoms with van der Waals surface area (Å²) < 4.78 is 0. The number of fused-ring (bicyclic) bond motifs is 1. The number of rotatable bonds is 6. The van der Waals surface area contributed by atoms with Crippen LogP contribution in [0.3, 0.4) is 0 Å². The number of nitrogens with one attached hydrogen (secondary N) is 1. The number of hydrogen-bond acceptors (Lipinski definition) is 5. The molecule has 0 saturated heterocycles. The molecule has 146 valence electrons. The van der Waals surface area contributed by atoms with E-state index in [1.807, 2.05) is 38.1 Å². The fourth-order valence-electron chi connectivity index (χ4n) is 3.15. The van der Waals surface area contributed by atoms with Gasteiger partial charge < -0.3 is 15.3 Å². The number of pyridine rings is 1. The number of phenolic OH excluding ortho intramolecular Hbond substituents is 1. The SMILES string of the molecule is CCN(CC)c1ccc(C=C(C#N)C(=O)Nc2cccc3ncccc23)c(O)c1. The van der Waals surface area contributed by atoms with Gasteiger partial charge in [-0.15, -0.1) is 0 Å². The van der Waals surface area contributed by atoms with E-state index >= 15 is 0 Å². The second kappa shape index (κ2) is 8.89. The molecular weight excluding hydrogens is 364 g/mol. The summed E-state index contributed by atoms with van der Waals surface area (Å²) in [6, 6.07) is 16.2. The zero-order valence-corrected chi connectivity index (χ0v) is 16.4. The molecule has 0 aliphatic rings. The number of hydrogen-bond donors (Lipinski definition) is 2. The van der Waals surface area contributed by atoms with E-state index in [4.69, 9.17) is 0 Å². The van der Waals surface area contributed by atoms with Gasteiger partial charge in [0.2, 0.25) is 0 Å². The van der Waals surface area contributed by atoms with Crippen molar-refractivity contribution in [2.75, 3.05) is 23.3 Å². The summed E-state index contributed by atoms with van der Waals surface area (Å²) in [6.45, 7) is 5.71.